The average Bonchev–Trinajstić information content (AvgIpc) is 2.68. The topological polar surface area (TPSA) is 97.8 Å². The Balaban J connectivity index is 1.82. The fourth-order valence-corrected chi connectivity index (χ4v) is 3.18. The van der Waals surface area contributed by atoms with Gasteiger partial charge in [-0.1, -0.05) is 24.3 Å². The summed E-state index contributed by atoms with van der Waals surface area (Å²) in [5.74, 6) is -1.40. The van der Waals surface area contributed by atoms with E-state index >= 15 is 0 Å². The molecule has 0 unspecified atom stereocenters. The van der Waals surface area contributed by atoms with E-state index in [9.17, 15) is 13.6 Å². The van der Waals surface area contributed by atoms with Crippen LogP contribution < -0.4 is 17.0 Å². The number of benzene rings is 3. The molecule has 1 aromatic heterocycles. The van der Waals surface area contributed by atoms with Crippen LogP contribution >= 0.6 is 0 Å². The van der Waals surface area contributed by atoms with Gasteiger partial charge in [0.15, 0.2) is 0 Å². The molecule has 0 aliphatic heterocycles. The predicted octanol–water partition coefficient (Wildman–Crippen LogP) is 3.62. The van der Waals surface area contributed by atoms with E-state index in [-0.39, 0.29) is 23.1 Å². The number of hydrogen-bond donors (Lipinski definition) is 3. The molecule has 7 heteroatoms. The molecule has 0 bridgehead atoms. The number of aromatic nitrogens is 2. The molecule has 5 N–H and O–H groups in total. The number of fused-ring (bicyclic) bond motifs is 1. The third-order valence-electron chi connectivity index (χ3n) is 4.67. The Morgan fingerprint density at radius 3 is 2.39 bits per heavy atom. The highest BCUT2D eigenvalue weighted by molar-refractivity contribution is 5.83. The van der Waals surface area contributed by atoms with Crippen LogP contribution in [0.4, 0.5) is 20.2 Å². The Morgan fingerprint density at radius 2 is 1.64 bits per heavy atom. The number of nitrogens with zero attached hydrogens (tertiary/aromatic N) is 1. The molecule has 0 spiro atoms. The third kappa shape index (κ3) is 3.07. The molecule has 140 valence electrons. The Kier molecular flexibility index (Phi) is 4.27. The van der Waals surface area contributed by atoms with Gasteiger partial charge in [0.05, 0.1) is 22.5 Å². The van der Waals surface area contributed by atoms with Gasteiger partial charge in [-0.2, -0.15) is 5.10 Å². The van der Waals surface area contributed by atoms with Crippen LogP contribution in [0.5, 0.6) is 0 Å². The maximum absolute atomic E-state index is 14.5. The molecule has 0 aliphatic carbocycles. The van der Waals surface area contributed by atoms with E-state index in [0.717, 1.165) is 6.07 Å². The molecule has 3 aromatic carbocycles. The van der Waals surface area contributed by atoms with Crippen molar-refractivity contribution in [2.75, 3.05) is 11.5 Å². The minimum absolute atomic E-state index is 0.0842. The lowest BCUT2D eigenvalue weighted by molar-refractivity contribution is 0.576. The second-order valence-electron chi connectivity index (χ2n) is 6.49. The summed E-state index contributed by atoms with van der Waals surface area (Å²) in [6, 6.07) is 13.9. The maximum Gasteiger partial charge on any atom is 0.272 e. The van der Waals surface area contributed by atoms with Crippen LogP contribution in [0.3, 0.4) is 0 Å². The number of nitrogens with two attached hydrogens (primary N) is 2. The SMILES string of the molecule is Nc1ccc(-c2cc(Cc3n[nH]c(=O)c4ccccc34)c(F)cc2F)cc1N. The van der Waals surface area contributed by atoms with Crippen LogP contribution in [0, 0.1) is 11.6 Å². The van der Waals surface area contributed by atoms with Crippen LogP contribution in [-0.2, 0) is 6.42 Å². The lowest BCUT2D eigenvalue weighted by Crippen LogP contribution is -2.11. The normalized spacial score (nSPS) is 11.1. The van der Waals surface area contributed by atoms with Crippen LogP contribution in [0.2, 0.25) is 0 Å². The zero-order valence-electron chi connectivity index (χ0n) is 14.7. The monoisotopic (exact) mass is 378 g/mol. The highest BCUT2D eigenvalue weighted by Gasteiger charge is 2.15. The summed E-state index contributed by atoms with van der Waals surface area (Å²) in [6.07, 6.45) is 0.0842. The molecule has 0 aliphatic rings. The van der Waals surface area contributed by atoms with Crippen molar-refractivity contribution in [2.24, 2.45) is 0 Å². The van der Waals surface area contributed by atoms with Gasteiger partial charge in [0.1, 0.15) is 11.6 Å². The van der Waals surface area contributed by atoms with Crippen molar-refractivity contribution >= 4 is 22.1 Å². The molecular weight excluding hydrogens is 362 g/mol. The van der Waals surface area contributed by atoms with Crippen LogP contribution in [0.25, 0.3) is 21.9 Å². The molecule has 0 radical (unpaired) electrons. The largest absolute Gasteiger partial charge is 0.397 e. The Hall–Kier alpha value is -3.74. The molecule has 0 amide bonds. The number of halogens is 2. The summed E-state index contributed by atoms with van der Waals surface area (Å²) in [5, 5.41) is 7.56. The highest BCUT2D eigenvalue weighted by atomic mass is 19.1. The Morgan fingerprint density at radius 1 is 0.893 bits per heavy atom. The van der Waals surface area contributed by atoms with Gasteiger partial charge in [-0.15, -0.1) is 0 Å². The molecule has 28 heavy (non-hydrogen) atoms. The van der Waals surface area contributed by atoms with E-state index in [1.165, 1.54) is 6.07 Å². The zero-order valence-corrected chi connectivity index (χ0v) is 14.7. The van der Waals surface area contributed by atoms with Gasteiger partial charge in [-0.05, 0) is 35.4 Å². The lowest BCUT2D eigenvalue weighted by Gasteiger charge is -2.11. The minimum Gasteiger partial charge on any atom is -0.397 e. The van der Waals surface area contributed by atoms with Gasteiger partial charge >= 0.3 is 0 Å². The molecule has 4 aromatic rings. The first-order valence-electron chi connectivity index (χ1n) is 8.53. The average molecular weight is 378 g/mol. The maximum atomic E-state index is 14.5. The number of H-pyrrole nitrogens is 1. The molecule has 1 heterocycles. The zero-order chi connectivity index (χ0) is 19.8. The Bertz CT molecular complexity index is 1270. The second kappa shape index (κ2) is 6.77. The van der Waals surface area contributed by atoms with Crippen molar-refractivity contribution in [3.8, 4) is 11.1 Å². The van der Waals surface area contributed by atoms with Crippen molar-refractivity contribution in [2.45, 2.75) is 6.42 Å². The first kappa shape index (κ1) is 17.7. The van der Waals surface area contributed by atoms with E-state index in [0.29, 0.717) is 33.4 Å². The van der Waals surface area contributed by atoms with Crippen LogP contribution in [0.1, 0.15) is 11.3 Å². The number of hydrogen-bond acceptors (Lipinski definition) is 4. The van der Waals surface area contributed by atoms with Crippen LogP contribution in [0.15, 0.2) is 59.4 Å². The number of rotatable bonds is 3. The van der Waals surface area contributed by atoms with Crippen molar-refractivity contribution in [1.29, 1.82) is 0 Å². The van der Waals surface area contributed by atoms with Crippen molar-refractivity contribution in [3.63, 3.8) is 0 Å². The second-order valence-corrected chi connectivity index (χ2v) is 6.49. The fourth-order valence-electron chi connectivity index (χ4n) is 3.18. The van der Waals surface area contributed by atoms with Crippen LogP contribution in [-0.4, -0.2) is 10.2 Å². The summed E-state index contributed by atoms with van der Waals surface area (Å²) in [4.78, 5) is 11.9. The van der Waals surface area contributed by atoms with E-state index in [2.05, 4.69) is 10.2 Å². The van der Waals surface area contributed by atoms with Gasteiger partial charge in [0.25, 0.3) is 5.56 Å². The van der Waals surface area contributed by atoms with Gasteiger partial charge in [0, 0.05) is 23.4 Å². The molecule has 0 saturated heterocycles. The van der Waals surface area contributed by atoms with Gasteiger partial charge < -0.3 is 11.5 Å². The number of anilines is 2. The summed E-state index contributed by atoms with van der Waals surface area (Å²) < 4.78 is 28.9. The smallest absolute Gasteiger partial charge is 0.272 e. The van der Waals surface area contributed by atoms with E-state index in [1.807, 2.05) is 0 Å². The minimum atomic E-state index is -0.704. The number of nitrogen functional groups attached to an aromatic ring is 2. The molecular formula is C21H16F2N4O. The van der Waals surface area contributed by atoms with Crippen molar-refractivity contribution in [1.82, 2.24) is 10.2 Å². The number of nitrogens with one attached hydrogen (secondary N) is 1. The summed E-state index contributed by atoms with van der Waals surface area (Å²) in [6.45, 7) is 0. The Labute approximate surface area is 158 Å². The van der Waals surface area contributed by atoms with E-state index in [4.69, 9.17) is 11.5 Å². The lowest BCUT2D eigenvalue weighted by atomic mass is 9.98. The van der Waals surface area contributed by atoms with Gasteiger partial charge in [0.2, 0.25) is 0 Å². The molecule has 0 saturated carbocycles. The summed E-state index contributed by atoms with van der Waals surface area (Å²) in [7, 11) is 0. The van der Waals surface area contributed by atoms with E-state index < -0.39 is 11.6 Å². The first-order chi connectivity index (χ1) is 13.4. The molecule has 5 nitrogen and oxygen atoms in total. The predicted molar refractivity (Wildman–Crippen MR) is 106 cm³/mol. The van der Waals surface area contributed by atoms with E-state index in [1.54, 1.807) is 42.5 Å². The number of aromatic amines is 1. The van der Waals surface area contributed by atoms with Crippen molar-refractivity contribution < 1.29 is 8.78 Å². The fraction of sp³-hybridized carbons (Fsp3) is 0.0476. The van der Waals surface area contributed by atoms with Gasteiger partial charge in [-0.3, -0.25) is 4.79 Å². The third-order valence-corrected chi connectivity index (χ3v) is 4.67. The first-order valence-corrected chi connectivity index (χ1v) is 8.53. The van der Waals surface area contributed by atoms with Crippen molar-refractivity contribution in [3.05, 3.63) is 87.8 Å². The summed E-state index contributed by atoms with van der Waals surface area (Å²) >= 11 is 0. The molecule has 0 fully saturated rings. The quantitative estimate of drug-likeness (QED) is 0.474. The summed E-state index contributed by atoms with van der Waals surface area (Å²) in [5.41, 5.74) is 13.3. The highest BCUT2D eigenvalue weighted by Crippen LogP contribution is 2.30. The van der Waals surface area contributed by atoms with Gasteiger partial charge in [-0.25, -0.2) is 13.9 Å². The standard InChI is InChI=1S/C21H16F2N4O/c22-16-10-17(23)15(11-5-6-18(24)19(25)8-11)7-12(16)9-20-13-3-1-2-4-14(13)21(28)27-26-20/h1-8,10H,9,24-25H2,(H,27,28). The molecule has 4 rings (SSSR count). The molecule has 0 atom stereocenters.